The molecule has 1 saturated heterocycles. The summed E-state index contributed by atoms with van der Waals surface area (Å²) >= 11 is 1.71. The van der Waals surface area contributed by atoms with Gasteiger partial charge in [0, 0.05) is 17.7 Å². The molecule has 122 valence electrons. The van der Waals surface area contributed by atoms with Crippen LogP contribution in [-0.4, -0.2) is 30.8 Å². The smallest absolute Gasteiger partial charge is 0.224 e. The van der Waals surface area contributed by atoms with Gasteiger partial charge < -0.3 is 18.8 Å². The number of hydrogen-bond donors (Lipinski definition) is 0. The van der Waals surface area contributed by atoms with Crippen LogP contribution in [0.4, 0.5) is 0 Å². The Morgan fingerprint density at radius 2 is 2.13 bits per heavy atom. The Hall–Kier alpha value is -2.08. The van der Waals surface area contributed by atoms with E-state index >= 15 is 0 Å². The predicted molar refractivity (Wildman–Crippen MR) is 88.6 cm³/mol. The van der Waals surface area contributed by atoms with E-state index in [1.165, 1.54) is 0 Å². The maximum absolute atomic E-state index is 12.5. The van der Waals surface area contributed by atoms with Gasteiger partial charge in [-0.1, -0.05) is 12.1 Å². The van der Waals surface area contributed by atoms with Gasteiger partial charge in [0.05, 0.1) is 27.0 Å². The van der Waals surface area contributed by atoms with Crippen molar-refractivity contribution in [3.8, 4) is 11.5 Å². The number of para-hydroxylation sites is 1. The summed E-state index contributed by atoms with van der Waals surface area (Å²) in [5.74, 6) is 3.05. The number of benzene rings is 1. The fourth-order valence-electron chi connectivity index (χ4n) is 2.72. The zero-order chi connectivity index (χ0) is 16.2. The van der Waals surface area contributed by atoms with E-state index < -0.39 is 0 Å². The minimum Gasteiger partial charge on any atom is -0.493 e. The summed E-state index contributed by atoms with van der Waals surface area (Å²) in [6, 6.07) is 9.46. The zero-order valence-electron chi connectivity index (χ0n) is 13.2. The Morgan fingerprint density at radius 1 is 1.26 bits per heavy atom. The molecule has 1 unspecified atom stereocenters. The van der Waals surface area contributed by atoms with Gasteiger partial charge in [0.15, 0.2) is 11.5 Å². The molecule has 5 nitrogen and oxygen atoms in total. The van der Waals surface area contributed by atoms with Crippen molar-refractivity contribution >= 4 is 17.7 Å². The molecule has 0 bridgehead atoms. The maximum atomic E-state index is 12.5. The summed E-state index contributed by atoms with van der Waals surface area (Å²) in [5, 5.41) is -0.109. The molecule has 1 aliphatic heterocycles. The summed E-state index contributed by atoms with van der Waals surface area (Å²) in [7, 11) is 3.22. The van der Waals surface area contributed by atoms with Crippen molar-refractivity contribution in [3.63, 3.8) is 0 Å². The number of carbonyl (C=O) groups is 1. The van der Waals surface area contributed by atoms with Gasteiger partial charge in [0.2, 0.25) is 5.91 Å². The van der Waals surface area contributed by atoms with Crippen LogP contribution in [0.3, 0.4) is 0 Å². The topological polar surface area (TPSA) is 51.9 Å². The highest BCUT2D eigenvalue weighted by Crippen LogP contribution is 2.40. The van der Waals surface area contributed by atoms with Crippen molar-refractivity contribution < 1.29 is 18.7 Å². The largest absolute Gasteiger partial charge is 0.493 e. The van der Waals surface area contributed by atoms with Crippen LogP contribution in [0.25, 0.3) is 0 Å². The first-order valence-corrected chi connectivity index (χ1v) is 8.44. The van der Waals surface area contributed by atoms with Crippen LogP contribution >= 0.6 is 11.8 Å². The molecule has 0 spiro atoms. The molecule has 1 aromatic heterocycles. The summed E-state index contributed by atoms with van der Waals surface area (Å²) in [5.41, 5.74) is 0.916. The molecule has 0 aliphatic carbocycles. The van der Waals surface area contributed by atoms with Crippen molar-refractivity contribution in [2.24, 2.45) is 0 Å². The minimum atomic E-state index is -0.109. The Morgan fingerprint density at radius 3 is 2.83 bits per heavy atom. The molecule has 1 amide bonds. The molecule has 2 heterocycles. The quantitative estimate of drug-likeness (QED) is 0.839. The average molecular weight is 333 g/mol. The zero-order valence-corrected chi connectivity index (χ0v) is 14.0. The van der Waals surface area contributed by atoms with E-state index in [0.717, 1.165) is 17.1 Å². The first-order chi connectivity index (χ1) is 11.2. The molecule has 1 fully saturated rings. The van der Waals surface area contributed by atoms with E-state index in [0.29, 0.717) is 24.5 Å². The van der Waals surface area contributed by atoms with E-state index in [9.17, 15) is 4.79 Å². The molecule has 23 heavy (non-hydrogen) atoms. The monoisotopic (exact) mass is 333 g/mol. The standard InChI is InChI=1S/C17H19NO4S/c1-20-13-6-3-5-12(16(13)21-2)11-18-15(19)8-10-23-17(18)14-7-4-9-22-14/h3-7,9,17H,8,10-11H2,1-2H3. The third-order valence-corrected chi connectivity index (χ3v) is 5.05. The van der Waals surface area contributed by atoms with Crippen molar-refractivity contribution in [2.45, 2.75) is 18.3 Å². The number of furan rings is 1. The summed E-state index contributed by atoms with van der Waals surface area (Å²) in [6.07, 6.45) is 2.17. The number of rotatable bonds is 5. The van der Waals surface area contributed by atoms with Gasteiger partial charge in [-0.3, -0.25) is 4.79 Å². The molecule has 0 N–H and O–H groups in total. The predicted octanol–water partition coefficient (Wildman–Crippen LogP) is 3.46. The molecular formula is C17H19NO4S. The lowest BCUT2D eigenvalue weighted by Gasteiger charge is -2.34. The lowest BCUT2D eigenvalue weighted by Crippen LogP contribution is -2.36. The molecule has 6 heteroatoms. The second kappa shape index (κ2) is 7.00. The molecule has 1 aliphatic rings. The lowest BCUT2D eigenvalue weighted by atomic mass is 10.1. The first-order valence-electron chi connectivity index (χ1n) is 7.39. The Kier molecular flexibility index (Phi) is 4.81. The van der Waals surface area contributed by atoms with Crippen LogP contribution in [0.2, 0.25) is 0 Å². The van der Waals surface area contributed by atoms with Crippen molar-refractivity contribution in [1.82, 2.24) is 4.90 Å². The van der Waals surface area contributed by atoms with Crippen LogP contribution < -0.4 is 9.47 Å². The van der Waals surface area contributed by atoms with Gasteiger partial charge in [-0.15, -0.1) is 11.8 Å². The third-order valence-electron chi connectivity index (χ3n) is 3.81. The van der Waals surface area contributed by atoms with Crippen molar-refractivity contribution in [3.05, 3.63) is 47.9 Å². The van der Waals surface area contributed by atoms with Crippen LogP contribution in [-0.2, 0) is 11.3 Å². The Balaban J connectivity index is 1.91. The number of carbonyl (C=O) groups excluding carboxylic acids is 1. The number of thioether (sulfide) groups is 1. The second-order valence-electron chi connectivity index (χ2n) is 5.16. The highest BCUT2D eigenvalue weighted by Gasteiger charge is 2.32. The summed E-state index contributed by atoms with van der Waals surface area (Å²) in [6.45, 7) is 0.456. The summed E-state index contributed by atoms with van der Waals surface area (Å²) in [4.78, 5) is 14.3. The fraction of sp³-hybridized carbons (Fsp3) is 0.353. The van der Waals surface area contributed by atoms with Gasteiger partial charge in [0.25, 0.3) is 0 Å². The van der Waals surface area contributed by atoms with Crippen LogP contribution in [0, 0.1) is 0 Å². The van der Waals surface area contributed by atoms with Crippen molar-refractivity contribution in [2.75, 3.05) is 20.0 Å². The van der Waals surface area contributed by atoms with Gasteiger partial charge in [0.1, 0.15) is 11.1 Å². The molecular weight excluding hydrogens is 314 g/mol. The van der Waals surface area contributed by atoms with E-state index in [1.807, 2.05) is 35.2 Å². The fourth-order valence-corrected chi connectivity index (χ4v) is 3.91. The number of ether oxygens (including phenoxy) is 2. The van der Waals surface area contributed by atoms with E-state index in [2.05, 4.69) is 0 Å². The number of hydrogen-bond acceptors (Lipinski definition) is 5. The van der Waals surface area contributed by atoms with E-state index in [1.54, 1.807) is 32.2 Å². The van der Waals surface area contributed by atoms with Crippen LogP contribution in [0.1, 0.15) is 23.1 Å². The molecule has 1 atom stereocenters. The minimum absolute atomic E-state index is 0.109. The number of methoxy groups -OCH3 is 2. The third kappa shape index (κ3) is 3.17. The van der Waals surface area contributed by atoms with Gasteiger partial charge in [-0.25, -0.2) is 0 Å². The highest BCUT2D eigenvalue weighted by molar-refractivity contribution is 7.99. The first kappa shape index (κ1) is 15.8. The SMILES string of the molecule is COc1cccc(CN2C(=O)CCSC2c2ccco2)c1OC. The highest BCUT2D eigenvalue weighted by atomic mass is 32.2. The molecule has 2 aromatic rings. The Bertz CT molecular complexity index is 671. The lowest BCUT2D eigenvalue weighted by molar-refractivity contribution is -0.133. The summed E-state index contributed by atoms with van der Waals surface area (Å²) < 4.78 is 16.3. The number of amides is 1. The van der Waals surface area contributed by atoms with Crippen LogP contribution in [0.15, 0.2) is 41.0 Å². The normalized spacial score (nSPS) is 18.1. The van der Waals surface area contributed by atoms with Gasteiger partial charge in [-0.05, 0) is 18.2 Å². The second-order valence-corrected chi connectivity index (χ2v) is 6.35. The molecule has 0 radical (unpaired) electrons. The van der Waals surface area contributed by atoms with Crippen molar-refractivity contribution in [1.29, 1.82) is 0 Å². The Labute approximate surface area is 139 Å². The molecule has 3 rings (SSSR count). The van der Waals surface area contributed by atoms with E-state index in [4.69, 9.17) is 13.9 Å². The van der Waals surface area contributed by atoms with E-state index in [-0.39, 0.29) is 11.3 Å². The average Bonchev–Trinajstić information content (AvgIpc) is 3.10. The molecule has 1 aromatic carbocycles. The van der Waals surface area contributed by atoms with Gasteiger partial charge in [-0.2, -0.15) is 0 Å². The number of nitrogens with zero attached hydrogens (tertiary/aromatic N) is 1. The van der Waals surface area contributed by atoms with Gasteiger partial charge >= 0.3 is 0 Å². The molecule has 0 saturated carbocycles. The van der Waals surface area contributed by atoms with Crippen LogP contribution in [0.5, 0.6) is 11.5 Å². The maximum Gasteiger partial charge on any atom is 0.224 e.